The number of carbonyl (C=O) groups is 1. The number of allylic oxidation sites excluding steroid dienone is 1. The summed E-state index contributed by atoms with van der Waals surface area (Å²) in [6, 6.07) is 0. The van der Waals surface area contributed by atoms with Gasteiger partial charge in [-0.3, -0.25) is 4.79 Å². The third-order valence-electron chi connectivity index (χ3n) is 10.4. The highest BCUT2D eigenvalue weighted by Gasteiger charge is 2.61. The molecule has 0 aliphatic heterocycles. The van der Waals surface area contributed by atoms with Gasteiger partial charge in [0.1, 0.15) is 0 Å². The molecule has 0 aromatic carbocycles. The Kier molecular flexibility index (Phi) is 6.30. The topological polar surface area (TPSA) is 26.3 Å². The lowest BCUT2D eigenvalue weighted by Gasteiger charge is -2.57. The molecular formula is C28H46O2. The van der Waals surface area contributed by atoms with E-state index in [1.807, 2.05) is 7.11 Å². The van der Waals surface area contributed by atoms with E-state index < -0.39 is 0 Å². The molecule has 0 heterocycles. The molecule has 4 aliphatic carbocycles. The fourth-order valence-corrected chi connectivity index (χ4v) is 8.59. The van der Waals surface area contributed by atoms with Crippen LogP contribution >= 0.6 is 0 Å². The van der Waals surface area contributed by atoms with Gasteiger partial charge in [0.15, 0.2) is 5.78 Å². The molecule has 3 saturated carbocycles. The monoisotopic (exact) mass is 414 g/mol. The van der Waals surface area contributed by atoms with Crippen LogP contribution in [0.1, 0.15) is 98.8 Å². The molecular weight excluding hydrogens is 368 g/mol. The Morgan fingerprint density at radius 1 is 1.03 bits per heavy atom. The summed E-state index contributed by atoms with van der Waals surface area (Å²) in [5, 5.41) is 0. The maximum atomic E-state index is 13.5. The Bertz CT molecular complexity index is 678. The molecule has 0 aromatic heterocycles. The molecule has 170 valence electrons. The first-order chi connectivity index (χ1) is 14.2. The molecule has 0 spiro atoms. The van der Waals surface area contributed by atoms with Crippen LogP contribution in [0.2, 0.25) is 0 Å². The minimum Gasteiger partial charge on any atom is -0.381 e. The quantitative estimate of drug-likeness (QED) is 0.458. The van der Waals surface area contributed by atoms with Gasteiger partial charge in [-0.05, 0) is 91.4 Å². The Morgan fingerprint density at radius 2 is 1.80 bits per heavy atom. The summed E-state index contributed by atoms with van der Waals surface area (Å²) >= 11 is 0. The predicted molar refractivity (Wildman–Crippen MR) is 124 cm³/mol. The van der Waals surface area contributed by atoms with Gasteiger partial charge >= 0.3 is 0 Å². The minimum atomic E-state index is 0.232. The SMILES string of the molecule is CO[C@H]1CC[C@@]2(C)C(=CC(=O)[C@@H]3[C@H]4CC[C@@H]([C@H](C)CCCC(C)C)[C@]4(C)CC[C@H]32)C1. The van der Waals surface area contributed by atoms with Crippen molar-refractivity contribution in [1.82, 2.24) is 0 Å². The van der Waals surface area contributed by atoms with Crippen molar-refractivity contribution in [1.29, 1.82) is 0 Å². The Balaban J connectivity index is 1.54. The van der Waals surface area contributed by atoms with Crippen molar-refractivity contribution in [2.24, 2.45) is 46.3 Å². The molecule has 2 heteroatoms. The number of fused-ring (bicyclic) bond motifs is 5. The largest absolute Gasteiger partial charge is 0.381 e. The zero-order chi connectivity index (χ0) is 21.7. The summed E-state index contributed by atoms with van der Waals surface area (Å²) in [6.07, 6.45) is 15.0. The molecule has 0 unspecified atom stereocenters. The van der Waals surface area contributed by atoms with E-state index >= 15 is 0 Å². The molecule has 3 fully saturated rings. The number of methoxy groups -OCH3 is 1. The molecule has 0 saturated heterocycles. The average Bonchev–Trinajstić information content (AvgIpc) is 3.05. The van der Waals surface area contributed by atoms with Crippen LogP contribution in [0, 0.1) is 46.3 Å². The van der Waals surface area contributed by atoms with Crippen LogP contribution in [-0.2, 0) is 9.53 Å². The fraction of sp³-hybridized carbons (Fsp3) is 0.893. The summed E-state index contributed by atoms with van der Waals surface area (Å²) in [4.78, 5) is 13.5. The molecule has 0 bridgehead atoms. The molecule has 0 amide bonds. The second kappa shape index (κ2) is 8.38. The van der Waals surface area contributed by atoms with E-state index in [-0.39, 0.29) is 11.3 Å². The van der Waals surface area contributed by atoms with Crippen molar-refractivity contribution in [2.45, 2.75) is 105 Å². The van der Waals surface area contributed by atoms with Crippen LogP contribution in [-0.4, -0.2) is 19.0 Å². The number of ketones is 1. The Labute approximate surface area is 185 Å². The highest BCUT2D eigenvalue weighted by atomic mass is 16.5. The first-order valence-corrected chi connectivity index (χ1v) is 13.0. The van der Waals surface area contributed by atoms with E-state index in [4.69, 9.17) is 4.74 Å². The minimum absolute atomic E-state index is 0.232. The highest BCUT2D eigenvalue weighted by Crippen LogP contribution is 2.66. The van der Waals surface area contributed by atoms with Gasteiger partial charge in [0.25, 0.3) is 0 Å². The molecule has 2 nitrogen and oxygen atoms in total. The average molecular weight is 415 g/mol. The van der Waals surface area contributed by atoms with Gasteiger partial charge in [0, 0.05) is 13.0 Å². The van der Waals surface area contributed by atoms with Gasteiger partial charge < -0.3 is 4.74 Å². The Morgan fingerprint density at radius 3 is 2.50 bits per heavy atom. The smallest absolute Gasteiger partial charge is 0.159 e. The summed E-state index contributed by atoms with van der Waals surface area (Å²) in [5.41, 5.74) is 2.02. The van der Waals surface area contributed by atoms with Crippen molar-refractivity contribution in [2.75, 3.05) is 7.11 Å². The van der Waals surface area contributed by atoms with E-state index in [1.54, 1.807) is 0 Å². The third-order valence-corrected chi connectivity index (χ3v) is 10.4. The lowest BCUT2D eigenvalue weighted by atomic mass is 9.46. The van der Waals surface area contributed by atoms with Crippen molar-refractivity contribution in [3.63, 3.8) is 0 Å². The van der Waals surface area contributed by atoms with E-state index in [0.717, 1.165) is 30.6 Å². The maximum Gasteiger partial charge on any atom is 0.159 e. The highest BCUT2D eigenvalue weighted by molar-refractivity contribution is 5.94. The van der Waals surface area contributed by atoms with E-state index in [9.17, 15) is 4.79 Å². The van der Waals surface area contributed by atoms with Gasteiger partial charge in [-0.1, -0.05) is 59.5 Å². The van der Waals surface area contributed by atoms with Gasteiger partial charge in [0.05, 0.1) is 6.10 Å². The molecule has 4 aliphatic rings. The van der Waals surface area contributed by atoms with Crippen LogP contribution in [0.4, 0.5) is 0 Å². The number of rotatable bonds is 6. The van der Waals surface area contributed by atoms with Crippen molar-refractivity contribution in [3.05, 3.63) is 11.6 Å². The zero-order valence-corrected chi connectivity index (χ0v) is 20.5. The number of hydrogen-bond donors (Lipinski definition) is 0. The molecule has 8 atom stereocenters. The standard InChI is InChI=1S/C28H46O2/c1-18(2)8-7-9-19(3)22-10-11-23-26-24(13-15-28(22,23)5)27(4)14-12-21(30-6)16-20(27)17-25(26)29/h17-19,21-24,26H,7-16H2,1-6H3/t19-,21+,22+,23-,24-,26-,27+,28+/m1/s1. The summed E-state index contributed by atoms with van der Waals surface area (Å²) < 4.78 is 5.68. The fourth-order valence-electron chi connectivity index (χ4n) is 8.59. The maximum absolute atomic E-state index is 13.5. The lowest BCUT2D eigenvalue weighted by Crippen LogP contribution is -2.53. The number of hydrogen-bond acceptors (Lipinski definition) is 2. The van der Waals surface area contributed by atoms with Crippen LogP contribution < -0.4 is 0 Å². The molecule has 0 aromatic rings. The van der Waals surface area contributed by atoms with E-state index in [2.05, 4.69) is 40.7 Å². The molecule has 0 N–H and O–H groups in total. The van der Waals surface area contributed by atoms with Crippen molar-refractivity contribution >= 4 is 5.78 Å². The van der Waals surface area contributed by atoms with Crippen LogP contribution in [0.3, 0.4) is 0 Å². The summed E-state index contributed by atoms with van der Waals surface area (Å²) in [6.45, 7) is 12.3. The lowest BCUT2D eigenvalue weighted by molar-refractivity contribution is -0.135. The molecule has 30 heavy (non-hydrogen) atoms. The first kappa shape index (κ1) is 22.6. The van der Waals surface area contributed by atoms with Crippen LogP contribution in [0.15, 0.2) is 11.6 Å². The number of carbonyl (C=O) groups excluding carboxylic acids is 1. The van der Waals surface area contributed by atoms with Gasteiger partial charge in [-0.2, -0.15) is 0 Å². The zero-order valence-electron chi connectivity index (χ0n) is 20.5. The van der Waals surface area contributed by atoms with Crippen LogP contribution in [0.5, 0.6) is 0 Å². The van der Waals surface area contributed by atoms with E-state index in [0.29, 0.717) is 29.1 Å². The molecule has 0 radical (unpaired) electrons. The van der Waals surface area contributed by atoms with E-state index in [1.165, 1.54) is 56.9 Å². The van der Waals surface area contributed by atoms with Crippen molar-refractivity contribution in [3.8, 4) is 0 Å². The van der Waals surface area contributed by atoms with Gasteiger partial charge in [-0.15, -0.1) is 0 Å². The number of ether oxygens (including phenoxy) is 1. The van der Waals surface area contributed by atoms with Crippen LogP contribution in [0.25, 0.3) is 0 Å². The summed E-state index contributed by atoms with van der Waals surface area (Å²) in [7, 11) is 1.83. The first-order valence-electron chi connectivity index (χ1n) is 13.0. The second-order valence-electron chi connectivity index (χ2n) is 12.4. The summed E-state index contributed by atoms with van der Waals surface area (Å²) in [5.74, 6) is 4.35. The van der Waals surface area contributed by atoms with Gasteiger partial charge in [0.2, 0.25) is 0 Å². The normalized spacial score (nSPS) is 44.3. The predicted octanol–water partition coefficient (Wildman–Crippen LogP) is 7.22. The van der Waals surface area contributed by atoms with Gasteiger partial charge in [-0.25, -0.2) is 0 Å². The molecule has 4 rings (SSSR count). The third kappa shape index (κ3) is 3.63. The van der Waals surface area contributed by atoms with Crippen molar-refractivity contribution < 1.29 is 9.53 Å². The Hall–Kier alpha value is -0.630. The second-order valence-corrected chi connectivity index (χ2v) is 12.4.